The van der Waals surface area contributed by atoms with Crippen molar-refractivity contribution in [3.05, 3.63) is 74.6 Å². The number of halogens is 2. The molecule has 0 atom stereocenters. The van der Waals surface area contributed by atoms with Crippen LogP contribution in [0.15, 0.2) is 52.6 Å². The average Bonchev–Trinajstić information content (AvgIpc) is 3.06. The molecule has 1 heterocycles. The Labute approximate surface area is 221 Å². The van der Waals surface area contributed by atoms with Crippen LogP contribution in [0.3, 0.4) is 0 Å². The molecule has 0 aliphatic heterocycles. The zero-order valence-corrected chi connectivity index (χ0v) is 24.1. The van der Waals surface area contributed by atoms with Crippen LogP contribution in [0.4, 0.5) is 5.69 Å². The maximum absolute atomic E-state index is 12.6. The number of carbonyl (C=O) groups excluding carboxylic acids is 1. The Morgan fingerprint density at radius 3 is 2.54 bits per heavy atom. The minimum atomic E-state index is -1.12. The molecule has 0 unspecified atom stereocenters. The summed E-state index contributed by atoms with van der Waals surface area (Å²) in [6.07, 6.45) is 1.56. The first-order valence-corrected chi connectivity index (χ1v) is 16.3. The highest BCUT2D eigenvalue weighted by Crippen LogP contribution is 2.28. The highest BCUT2D eigenvalue weighted by Gasteiger charge is 2.16. The Kier molecular flexibility index (Phi) is 8.98. The van der Waals surface area contributed by atoms with E-state index < -0.39 is 14.0 Å². The SMILES string of the molecule is Cc1nn(COCC[Si](C)(C)C)c(C)c1-c1ccc(NC(=O)C(N)=Cc2cc(Br)ccc2Cl)cc1. The Bertz CT molecular complexity index is 1230. The van der Waals surface area contributed by atoms with Gasteiger partial charge in [-0.15, -0.1) is 0 Å². The van der Waals surface area contributed by atoms with E-state index in [0.29, 0.717) is 23.0 Å². The number of aryl methyl sites for hydroxylation is 1. The summed E-state index contributed by atoms with van der Waals surface area (Å²) in [5.41, 5.74) is 11.5. The van der Waals surface area contributed by atoms with Crippen LogP contribution in [-0.2, 0) is 16.3 Å². The van der Waals surface area contributed by atoms with Gasteiger partial charge in [-0.3, -0.25) is 4.79 Å². The van der Waals surface area contributed by atoms with Gasteiger partial charge in [0.05, 0.1) is 11.4 Å². The predicted octanol–water partition coefficient (Wildman–Crippen LogP) is 6.83. The number of anilines is 1. The van der Waals surface area contributed by atoms with Gasteiger partial charge in [-0.2, -0.15) is 5.10 Å². The van der Waals surface area contributed by atoms with Crippen molar-refractivity contribution in [2.75, 3.05) is 11.9 Å². The standard InChI is InChI=1S/C26H32BrClN4O2Si/c1-17-25(18(2)32(31-17)16-34-12-13-35(3,4)5)19-6-9-22(10-7-19)30-26(33)24(29)15-20-14-21(27)8-11-23(20)28/h6-11,14-15H,12-13,16,29H2,1-5H3,(H,30,33). The van der Waals surface area contributed by atoms with Gasteiger partial charge in [0, 0.05) is 41.1 Å². The van der Waals surface area contributed by atoms with Crippen LogP contribution in [-0.4, -0.2) is 30.4 Å². The molecule has 3 N–H and O–H groups in total. The van der Waals surface area contributed by atoms with Gasteiger partial charge in [-0.05, 0) is 67.4 Å². The topological polar surface area (TPSA) is 82.2 Å². The Hall–Kier alpha value is -2.39. The van der Waals surface area contributed by atoms with Crippen molar-refractivity contribution in [1.29, 1.82) is 0 Å². The van der Waals surface area contributed by atoms with E-state index in [1.54, 1.807) is 18.2 Å². The summed E-state index contributed by atoms with van der Waals surface area (Å²) in [7, 11) is -1.12. The summed E-state index contributed by atoms with van der Waals surface area (Å²) >= 11 is 9.59. The lowest BCUT2D eigenvalue weighted by Crippen LogP contribution is -2.22. The molecule has 0 aliphatic carbocycles. The molecular formula is C26H32BrClN4O2Si. The molecule has 0 saturated heterocycles. The molecule has 0 spiro atoms. The number of hydrogen-bond donors (Lipinski definition) is 2. The van der Waals surface area contributed by atoms with Crippen molar-refractivity contribution in [3.8, 4) is 11.1 Å². The average molecular weight is 576 g/mol. The molecule has 0 aliphatic rings. The quantitative estimate of drug-likeness (QED) is 0.166. The Morgan fingerprint density at radius 1 is 1.20 bits per heavy atom. The van der Waals surface area contributed by atoms with Crippen LogP contribution in [0.5, 0.6) is 0 Å². The fourth-order valence-electron chi connectivity index (χ4n) is 3.55. The molecule has 0 fully saturated rings. The number of carbonyl (C=O) groups is 1. The van der Waals surface area contributed by atoms with Gasteiger partial charge in [0.1, 0.15) is 6.73 Å². The number of benzene rings is 2. The minimum Gasteiger partial charge on any atom is -0.394 e. The zero-order chi connectivity index (χ0) is 25.8. The van der Waals surface area contributed by atoms with Crippen LogP contribution in [0, 0.1) is 13.8 Å². The Balaban J connectivity index is 1.68. The van der Waals surface area contributed by atoms with E-state index >= 15 is 0 Å². The van der Waals surface area contributed by atoms with E-state index in [1.807, 2.05) is 48.9 Å². The summed E-state index contributed by atoms with van der Waals surface area (Å²) in [6.45, 7) is 12.3. The normalized spacial score (nSPS) is 12.1. The first-order chi connectivity index (χ1) is 16.4. The summed E-state index contributed by atoms with van der Waals surface area (Å²) in [6, 6.07) is 14.1. The van der Waals surface area contributed by atoms with E-state index in [9.17, 15) is 4.79 Å². The molecule has 3 rings (SSSR count). The van der Waals surface area contributed by atoms with Crippen LogP contribution in [0.1, 0.15) is 17.0 Å². The number of nitrogens with one attached hydrogen (secondary N) is 1. The molecule has 1 aromatic heterocycles. The lowest BCUT2D eigenvalue weighted by atomic mass is 10.0. The molecule has 186 valence electrons. The maximum Gasteiger partial charge on any atom is 0.271 e. The van der Waals surface area contributed by atoms with E-state index in [2.05, 4.69) is 46.0 Å². The number of hydrogen-bond acceptors (Lipinski definition) is 4. The van der Waals surface area contributed by atoms with E-state index in [-0.39, 0.29) is 5.70 Å². The molecule has 3 aromatic rings. The van der Waals surface area contributed by atoms with Gasteiger partial charge in [0.2, 0.25) is 0 Å². The van der Waals surface area contributed by atoms with Crippen LogP contribution in [0.25, 0.3) is 17.2 Å². The van der Waals surface area contributed by atoms with E-state index in [1.165, 1.54) is 0 Å². The fraction of sp³-hybridized carbons (Fsp3) is 0.308. The number of aromatic nitrogens is 2. The van der Waals surface area contributed by atoms with Crippen molar-refractivity contribution >= 4 is 53.3 Å². The van der Waals surface area contributed by atoms with Crippen molar-refractivity contribution in [2.24, 2.45) is 5.73 Å². The van der Waals surface area contributed by atoms with E-state index in [0.717, 1.165) is 39.6 Å². The molecule has 0 bridgehead atoms. The maximum atomic E-state index is 12.6. The second-order valence-electron chi connectivity index (χ2n) is 9.69. The first kappa shape index (κ1) is 27.2. The Morgan fingerprint density at radius 2 is 1.89 bits per heavy atom. The fourth-order valence-corrected chi connectivity index (χ4v) is 4.86. The molecule has 1 amide bonds. The predicted molar refractivity (Wildman–Crippen MR) is 151 cm³/mol. The molecule has 35 heavy (non-hydrogen) atoms. The third-order valence-electron chi connectivity index (χ3n) is 5.55. The summed E-state index contributed by atoms with van der Waals surface area (Å²) in [5.74, 6) is -0.399. The number of ether oxygens (including phenoxy) is 1. The van der Waals surface area contributed by atoms with Crippen LogP contribution in [0.2, 0.25) is 30.7 Å². The summed E-state index contributed by atoms with van der Waals surface area (Å²) in [4.78, 5) is 12.6. The monoisotopic (exact) mass is 574 g/mol. The molecule has 0 radical (unpaired) electrons. The van der Waals surface area contributed by atoms with Crippen LogP contribution >= 0.6 is 27.5 Å². The molecular weight excluding hydrogens is 544 g/mol. The van der Waals surface area contributed by atoms with Gasteiger partial charge < -0.3 is 15.8 Å². The van der Waals surface area contributed by atoms with Crippen molar-refractivity contribution in [2.45, 2.75) is 46.3 Å². The van der Waals surface area contributed by atoms with Crippen molar-refractivity contribution < 1.29 is 9.53 Å². The smallest absolute Gasteiger partial charge is 0.271 e. The first-order valence-electron chi connectivity index (χ1n) is 11.4. The highest BCUT2D eigenvalue weighted by molar-refractivity contribution is 9.10. The van der Waals surface area contributed by atoms with Crippen LogP contribution < -0.4 is 11.1 Å². The largest absolute Gasteiger partial charge is 0.394 e. The minimum absolute atomic E-state index is 0.0659. The third-order valence-corrected chi connectivity index (χ3v) is 8.10. The van der Waals surface area contributed by atoms with Crippen molar-refractivity contribution in [3.63, 3.8) is 0 Å². The lowest BCUT2D eigenvalue weighted by Gasteiger charge is -2.15. The highest BCUT2D eigenvalue weighted by atomic mass is 79.9. The third kappa shape index (κ3) is 7.54. The molecule has 6 nitrogen and oxygen atoms in total. The molecule has 0 saturated carbocycles. The summed E-state index contributed by atoms with van der Waals surface area (Å²) in [5, 5.41) is 8.01. The molecule has 2 aromatic carbocycles. The number of amides is 1. The number of rotatable bonds is 9. The lowest BCUT2D eigenvalue weighted by molar-refractivity contribution is -0.112. The zero-order valence-electron chi connectivity index (χ0n) is 20.8. The number of nitrogens with zero attached hydrogens (tertiary/aromatic N) is 2. The van der Waals surface area contributed by atoms with Gasteiger partial charge in [-0.25, -0.2) is 4.68 Å². The van der Waals surface area contributed by atoms with Gasteiger partial charge >= 0.3 is 0 Å². The van der Waals surface area contributed by atoms with Gasteiger partial charge in [0.15, 0.2) is 0 Å². The second-order valence-corrected chi connectivity index (χ2v) is 16.6. The van der Waals surface area contributed by atoms with Gasteiger partial charge in [-0.1, -0.05) is 59.3 Å². The van der Waals surface area contributed by atoms with E-state index in [4.69, 9.17) is 22.1 Å². The van der Waals surface area contributed by atoms with Crippen molar-refractivity contribution in [1.82, 2.24) is 9.78 Å². The number of nitrogens with two attached hydrogens (primary N) is 1. The summed E-state index contributed by atoms with van der Waals surface area (Å²) < 4.78 is 8.64. The second kappa shape index (κ2) is 11.6. The molecule has 9 heteroatoms. The van der Waals surface area contributed by atoms with Gasteiger partial charge in [0.25, 0.3) is 5.91 Å².